The van der Waals surface area contributed by atoms with Crippen LogP contribution >= 0.6 is 12.6 Å². The zero-order chi connectivity index (χ0) is 14.5. The van der Waals surface area contributed by atoms with Crippen LogP contribution in [-0.4, -0.2) is 22.9 Å². The van der Waals surface area contributed by atoms with Crippen molar-refractivity contribution < 1.29 is 14.3 Å². The summed E-state index contributed by atoms with van der Waals surface area (Å²) in [6.07, 6.45) is -0.224. The molecule has 5 heteroatoms. The summed E-state index contributed by atoms with van der Waals surface area (Å²) < 4.78 is 5.12. The highest BCUT2D eigenvalue weighted by Gasteiger charge is 2.22. The fourth-order valence-corrected chi connectivity index (χ4v) is 1.66. The summed E-state index contributed by atoms with van der Waals surface area (Å²) in [6.45, 7) is 5.30. The van der Waals surface area contributed by atoms with E-state index in [2.05, 4.69) is 17.9 Å². The second-order valence-electron chi connectivity index (χ2n) is 5.23. The second kappa shape index (κ2) is 6.61. The Labute approximate surface area is 118 Å². The largest absolute Gasteiger partial charge is 0.444 e. The van der Waals surface area contributed by atoms with Gasteiger partial charge in [-0.3, -0.25) is 4.79 Å². The number of rotatable bonds is 4. The quantitative estimate of drug-likeness (QED) is 0.834. The highest BCUT2D eigenvalue weighted by Crippen LogP contribution is 2.09. The highest BCUT2D eigenvalue weighted by atomic mass is 32.1. The molecule has 0 aromatic heterocycles. The van der Waals surface area contributed by atoms with Crippen LogP contribution in [0.5, 0.6) is 0 Å². The first-order valence-corrected chi connectivity index (χ1v) is 6.49. The lowest BCUT2D eigenvalue weighted by Crippen LogP contribution is -2.43. The van der Waals surface area contributed by atoms with Gasteiger partial charge in [-0.25, -0.2) is 4.79 Å². The maximum absolute atomic E-state index is 11.6. The number of hydrogen-bond acceptors (Lipinski definition) is 3. The van der Waals surface area contributed by atoms with Gasteiger partial charge in [-0.1, -0.05) is 30.3 Å². The molecule has 0 saturated heterocycles. The number of benzene rings is 1. The molecule has 1 atom stereocenters. The Kier molecular flexibility index (Phi) is 5.42. The molecule has 104 valence electrons. The molecule has 0 spiro atoms. The molecule has 1 aromatic rings. The number of alkyl carbamates (subject to hydrolysis) is 1. The average Bonchev–Trinajstić information content (AvgIpc) is 2.26. The van der Waals surface area contributed by atoms with Crippen molar-refractivity contribution in [2.75, 3.05) is 0 Å². The molecule has 0 aliphatic carbocycles. The van der Waals surface area contributed by atoms with Gasteiger partial charge in [0, 0.05) is 6.42 Å². The maximum Gasteiger partial charge on any atom is 0.408 e. The molecule has 0 bridgehead atoms. The predicted molar refractivity (Wildman–Crippen MR) is 77.3 cm³/mol. The summed E-state index contributed by atoms with van der Waals surface area (Å²) >= 11 is 3.80. The van der Waals surface area contributed by atoms with E-state index in [4.69, 9.17) is 4.74 Å². The van der Waals surface area contributed by atoms with Gasteiger partial charge >= 0.3 is 6.09 Å². The van der Waals surface area contributed by atoms with E-state index in [0.717, 1.165) is 5.56 Å². The lowest BCUT2D eigenvalue weighted by Gasteiger charge is -2.22. The molecule has 1 rings (SSSR count). The first-order valence-electron chi connectivity index (χ1n) is 6.04. The summed E-state index contributed by atoms with van der Waals surface area (Å²) in [5, 5.41) is 2.14. The first kappa shape index (κ1) is 15.6. The molecule has 4 nitrogen and oxygen atoms in total. The molecule has 1 unspecified atom stereocenters. The van der Waals surface area contributed by atoms with Gasteiger partial charge in [0.2, 0.25) is 5.12 Å². The number of carbonyl (C=O) groups is 2. The van der Waals surface area contributed by atoms with E-state index in [0.29, 0.717) is 6.42 Å². The summed E-state index contributed by atoms with van der Waals surface area (Å²) in [6, 6.07) is 8.73. The summed E-state index contributed by atoms with van der Waals surface area (Å²) in [5.41, 5.74) is 0.354. The third kappa shape index (κ3) is 6.29. The molecule has 0 aliphatic rings. The predicted octanol–water partition coefficient (Wildman–Crippen LogP) is 2.58. The Morgan fingerprint density at radius 3 is 2.32 bits per heavy atom. The van der Waals surface area contributed by atoms with Crippen LogP contribution in [0.1, 0.15) is 26.3 Å². The molecule has 1 amide bonds. The van der Waals surface area contributed by atoms with Gasteiger partial charge in [0.1, 0.15) is 11.6 Å². The van der Waals surface area contributed by atoms with Crippen LogP contribution in [0.3, 0.4) is 0 Å². The van der Waals surface area contributed by atoms with Crippen LogP contribution in [0.15, 0.2) is 30.3 Å². The zero-order valence-corrected chi connectivity index (χ0v) is 12.2. The minimum absolute atomic E-state index is 0.391. The minimum atomic E-state index is -0.694. The van der Waals surface area contributed by atoms with E-state index >= 15 is 0 Å². The van der Waals surface area contributed by atoms with Crippen LogP contribution in [0.2, 0.25) is 0 Å². The molecular formula is C14H19NO3S. The second-order valence-corrected chi connectivity index (χ2v) is 5.67. The number of hydrogen-bond donors (Lipinski definition) is 2. The van der Waals surface area contributed by atoms with Crippen LogP contribution in [0, 0.1) is 0 Å². The average molecular weight is 281 g/mol. The van der Waals surface area contributed by atoms with Crippen LogP contribution < -0.4 is 5.32 Å². The Hall–Kier alpha value is -1.49. The smallest absolute Gasteiger partial charge is 0.408 e. The molecule has 0 saturated carbocycles. The molecule has 0 aliphatic heterocycles. The number of carbonyl (C=O) groups excluding carboxylic acids is 2. The van der Waals surface area contributed by atoms with Crippen molar-refractivity contribution in [2.45, 2.75) is 38.8 Å². The van der Waals surface area contributed by atoms with E-state index in [1.165, 1.54) is 0 Å². The topological polar surface area (TPSA) is 55.4 Å². The van der Waals surface area contributed by atoms with E-state index < -0.39 is 22.9 Å². The van der Waals surface area contributed by atoms with Gasteiger partial charge in [-0.15, -0.1) is 12.6 Å². The standard InChI is InChI=1S/C14H19NO3S/c1-14(2,3)18-13(17)15-11(12(16)19)9-10-7-5-4-6-8-10/h4-8,11H,9H2,1-3H3,(H,15,17)(H,16,19). The molecule has 19 heavy (non-hydrogen) atoms. The monoisotopic (exact) mass is 281 g/mol. The van der Waals surface area contributed by atoms with Crippen molar-refractivity contribution in [1.29, 1.82) is 0 Å². The molecule has 1 N–H and O–H groups in total. The molecule has 0 fully saturated rings. The Bertz CT molecular complexity index is 440. The van der Waals surface area contributed by atoms with Crippen LogP contribution in [0.4, 0.5) is 4.79 Å². The maximum atomic E-state index is 11.6. The van der Waals surface area contributed by atoms with Gasteiger partial charge in [0.05, 0.1) is 0 Å². The normalized spacial score (nSPS) is 12.6. The lowest BCUT2D eigenvalue weighted by atomic mass is 10.1. The third-order valence-corrected chi connectivity index (χ3v) is 2.58. The molecule has 1 aromatic carbocycles. The SMILES string of the molecule is CC(C)(C)OC(=O)NC(Cc1ccccc1)C(=O)S. The van der Waals surface area contributed by atoms with Crippen LogP contribution in [0.25, 0.3) is 0 Å². The summed E-state index contributed by atoms with van der Waals surface area (Å²) in [4.78, 5) is 23.1. The van der Waals surface area contributed by atoms with Gasteiger partial charge in [-0.05, 0) is 26.3 Å². The van der Waals surface area contributed by atoms with Gasteiger partial charge in [0.25, 0.3) is 0 Å². The van der Waals surface area contributed by atoms with E-state index in [1.54, 1.807) is 20.8 Å². The Morgan fingerprint density at radius 2 is 1.84 bits per heavy atom. The van der Waals surface area contributed by atoms with Gasteiger partial charge in [-0.2, -0.15) is 0 Å². The van der Waals surface area contributed by atoms with Crippen molar-refractivity contribution in [1.82, 2.24) is 5.32 Å². The van der Waals surface area contributed by atoms with Crippen LogP contribution in [-0.2, 0) is 16.0 Å². The Morgan fingerprint density at radius 1 is 1.26 bits per heavy atom. The van der Waals surface area contributed by atoms with E-state index in [9.17, 15) is 9.59 Å². The van der Waals surface area contributed by atoms with Crippen molar-refractivity contribution >= 4 is 23.8 Å². The van der Waals surface area contributed by atoms with E-state index in [1.807, 2.05) is 30.3 Å². The molecule has 0 radical (unpaired) electrons. The van der Waals surface area contributed by atoms with Crippen molar-refractivity contribution in [3.05, 3.63) is 35.9 Å². The number of thiol groups is 1. The zero-order valence-electron chi connectivity index (χ0n) is 11.3. The number of amides is 1. The van der Waals surface area contributed by atoms with E-state index in [-0.39, 0.29) is 0 Å². The van der Waals surface area contributed by atoms with Crippen molar-refractivity contribution in [3.63, 3.8) is 0 Å². The first-order chi connectivity index (χ1) is 8.78. The highest BCUT2D eigenvalue weighted by molar-refractivity contribution is 7.96. The number of nitrogens with one attached hydrogen (secondary N) is 1. The minimum Gasteiger partial charge on any atom is -0.444 e. The Balaban J connectivity index is 2.64. The molecule has 0 heterocycles. The summed E-state index contributed by atoms with van der Waals surface area (Å²) in [7, 11) is 0. The van der Waals surface area contributed by atoms with Crippen molar-refractivity contribution in [3.8, 4) is 0 Å². The van der Waals surface area contributed by atoms with Gasteiger partial charge < -0.3 is 10.1 Å². The summed E-state index contributed by atoms with van der Waals surface area (Å²) in [5.74, 6) is 0. The lowest BCUT2D eigenvalue weighted by molar-refractivity contribution is -0.112. The van der Waals surface area contributed by atoms with Gasteiger partial charge in [0.15, 0.2) is 0 Å². The third-order valence-electron chi connectivity index (χ3n) is 2.27. The fraction of sp³-hybridized carbons (Fsp3) is 0.429. The fourth-order valence-electron chi connectivity index (χ4n) is 1.50. The van der Waals surface area contributed by atoms with Crippen molar-refractivity contribution in [2.24, 2.45) is 0 Å². The molecular weight excluding hydrogens is 262 g/mol. The number of ether oxygens (including phenoxy) is 1.